The molecule has 0 heterocycles. The van der Waals surface area contributed by atoms with Crippen molar-refractivity contribution in [3.63, 3.8) is 0 Å². The van der Waals surface area contributed by atoms with Gasteiger partial charge in [0.05, 0.1) is 6.04 Å². The topological polar surface area (TPSA) is 38.0 Å². The van der Waals surface area contributed by atoms with Crippen LogP contribution in [0.1, 0.15) is 22.7 Å². The highest BCUT2D eigenvalue weighted by Gasteiger charge is 2.18. The number of rotatable bonds is 4. The Bertz CT molecular complexity index is 597. The molecule has 0 aliphatic carbocycles. The fraction of sp³-hybridized carbons (Fsp3) is 0.200. The summed E-state index contributed by atoms with van der Waals surface area (Å²) in [4.78, 5) is 0. The number of nitrogens with two attached hydrogens (primary N) is 1. The van der Waals surface area contributed by atoms with Gasteiger partial charge in [0.1, 0.15) is 11.6 Å². The summed E-state index contributed by atoms with van der Waals surface area (Å²) in [7, 11) is 0. The second kappa shape index (κ2) is 6.31. The summed E-state index contributed by atoms with van der Waals surface area (Å²) in [6.07, 6.45) is 0.107. The molecule has 1 unspecified atom stereocenters. The summed E-state index contributed by atoms with van der Waals surface area (Å²) in [6, 6.07) is 8.77. The number of hydrazine groups is 1. The van der Waals surface area contributed by atoms with Gasteiger partial charge in [0.2, 0.25) is 0 Å². The number of halogens is 3. The maximum absolute atomic E-state index is 13.7. The quantitative estimate of drug-likeness (QED) is 0.667. The van der Waals surface area contributed by atoms with E-state index in [9.17, 15) is 8.78 Å². The van der Waals surface area contributed by atoms with Crippen LogP contribution < -0.4 is 11.3 Å². The van der Waals surface area contributed by atoms with Gasteiger partial charge in [-0.05, 0) is 42.7 Å². The monoisotopic (exact) mass is 296 g/mol. The standard InChI is InChI=1S/C15H15ClF2N2/c1-9-10(4-2-5-12(9)16)15(20-19)8-11-13(17)6-3-7-14(11)18/h2-7,15,20H,8,19H2,1H3. The zero-order valence-electron chi connectivity index (χ0n) is 11.0. The summed E-state index contributed by atoms with van der Waals surface area (Å²) < 4.78 is 27.4. The lowest BCUT2D eigenvalue weighted by Crippen LogP contribution is -2.30. The van der Waals surface area contributed by atoms with Crippen LogP contribution in [0.25, 0.3) is 0 Å². The Morgan fingerprint density at radius 1 is 1.15 bits per heavy atom. The van der Waals surface area contributed by atoms with Crippen molar-refractivity contribution in [2.45, 2.75) is 19.4 Å². The number of nitrogens with one attached hydrogen (secondary N) is 1. The Balaban J connectivity index is 2.37. The van der Waals surface area contributed by atoms with Gasteiger partial charge in [-0.1, -0.05) is 29.8 Å². The van der Waals surface area contributed by atoms with Gasteiger partial charge >= 0.3 is 0 Å². The van der Waals surface area contributed by atoms with Crippen LogP contribution in [0.4, 0.5) is 8.78 Å². The van der Waals surface area contributed by atoms with Crippen LogP contribution in [-0.4, -0.2) is 0 Å². The molecule has 0 saturated heterocycles. The van der Waals surface area contributed by atoms with Crippen LogP contribution in [-0.2, 0) is 6.42 Å². The molecule has 0 aliphatic heterocycles. The zero-order chi connectivity index (χ0) is 14.7. The smallest absolute Gasteiger partial charge is 0.129 e. The predicted octanol–water partition coefficient (Wildman–Crippen LogP) is 3.67. The Kier molecular flexibility index (Phi) is 4.70. The molecule has 0 aromatic heterocycles. The molecule has 2 aromatic rings. The highest BCUT2D eigenvalue weighted by molar-refractivity contribution is 6.31. The summed E-state index contributed by atoms with van der Waals surface area (Å²) in [6.45, 7) is 1.85. The third kappa shape index (κ3) is 2.98. The van der Waals surface area contributed by atoms with Gasteiger partial charge in [0.25, 0.3) is 0 Å². The summed E-state index contributed by atoms with van der Waals surface area (Å²) in [5.74, 6) is 4.38. The van der Waals surface area contributed by atoms with E-state index in [1.165, 1.54) is 18.2 Å². The van der Waals surface area contributed by atoms with Gasteiger partial charge < -0.3 is 0 Å². The molecule has 0 saturated carbocycles. The van der Waals surface area contributed by atoms with Crippen molar-refractivity contribution in [3.05, 3.63) is 69.7 Å². The fourth-order valence-corrected chi connectivity index (χ4v) is 2.37. The summed E-state index contributed by atoms with van der Waals surface area (Å²) in [5.41, 5.74) is 4.27. The molecule has 2 nitrogen and oxygen atoms in total. The first-order valence-electron chi connectivity index (χ1n) is 6.18. The van der Waals surface area contributed by atoms with Gasteiger partial charge in [-0.3, -0.25) is 11.3 Å². The van der Waals surface area contributed by atoms with E-state index in [-0.39, 0.29) is 12.0 Å². The van der Waals surface area contributed by atoms with Crippen molar-refractivity contribution in [1.29, 1.82) is 0 Å². The van der Waals surface area contributed by atoms with Crippen LogP contribution in [0.15, 0.2) is 36.4 Å². The van der Waals surface area contributed by atoms with E-state index in [1.54, 1.807) is 12.1 Å². The third-order valence-corrected chi connectivity index (χ3v) is 3.77. The van der Waals surface area contributed by atoms with Crippen molar-refractivity contribution >= 4 is 11.6 Å². The first-order valence-corrected chi connectivity index (χ1v) is 6.56. The Labute approximate surface area is 121 Å². The van der Waals surface area contributed by atoms with Gasteiger partial charge in [0.15, 0.2) is 0 Å². The minimum absolute atomic E-state index is 0.00910. The molecular weight excluding hydrogens is 282 g/mol. The average molecular weight is 297 g/mol. The Morgan fingerprint density at radius 3 is 2.35 bits per heavy atom. The van der Waals surface area contributed by atoms with Crippen LogP contribution in [0, 0.1) is 18.6 Å². The zero-order valence-corrected chi connectivity index (χ0v) is 11.7. The lowest BCUT2D eigenvalue weighted by molar-refractivity contribution is 0.498. The fourth-order valence-electron chi connectivity index (χ4n) is 2.19. The van der Waals surface area contributed by atoms with E-state index in [2.05, 4.69) is 5.43 Å². The number of benzene rings is 2. The lowest BCUT2D eigenvalue weighted by atomic mass is 9.95. The van der Waals surface area contributed by atoms with E-state index >= 15 is 0 Å². The van der Waals surface area contributed by atoms with Crippen molar-refractivity contribution in [2.75, 3.05) is 0 Å². The second-order valence-corrected chi connectivity index (χ2v) is 4.98. The SMILES string of the molecule is Cc1c(Cl)cccc1C(Cc1c(F)cccc1F)NN. The van der Waals surface area contributed by atoms with E-state index in [0.29, 0.717) is 5.02 Å². The Morgan fingerprint density at radius 2 is 1.75 bits per heavy atom. The van der Waals surface area contributed by atoms with E-state index < -0.39 is 17.7 Å². The maximum atomic E-state index is 13.7. The highest BCUT2D eigenvalue weighted by atomic mass is 35.5. The summed E-state index contributed by atoms with van der Waals surface area (Å²) in [5, 5.41) is 0.594. The van der Waals surface area contributed by atoms with E-state index in [1.807, 2.05) is 13.0 Å². The van der Waals surface area contributed by atoms with Crippen LogP contribution in [0.3, 0.4) is 0 Å². The van der Waals surface area contributed by atoms with Crippen LogP contribution >= 0.6 is 11.6 Å². The molecule has 2 aromatic carbocycles. The minimum Gasteiger partial charge on any atom is -0.271 e. The normalized spacial score (nSPS) is 12.4. The molecule has 2 rings (SSSR count). The van der Waals surface area contributed by atoms with Crippen LogP contribution in [0.2, 0.25) is 5.02 Å². The van der Waals surface area contributed by atoms with Gasteiger partial charge in [0, 0.05) is 10.6 Å². The second-order valence-electron chi connectivity index (χ2n) is 4.58. The van der Waals surface area contributed by atoms with E-state index in [0.717, 1.165) is 11.1 Å². The molecule has 0 fully saturated rings. The molecule has 1 atom stereocenters. The maximum Gasteiger partial charge on any atom is 0.129 e. The molecule has 0 spiro atoms. The minimum atomic E-state index is -0.579. The molecule has 0 bridgehead atoms. The van der Waals surface area contributed by atoms with Crippen molar-refractivity contribution < 1.29 is 8.78 Å². The molecule has 3 N–H and O–H groups in total. The predicted molar refractivity (Wildman–Crippen MR) is 76.3 cm³/mol. The molecule has 5 heteroatoms. The van der Waals surface area contributed by atoms with Gasteiger partial charge in [-0.2, -0.15) is 0 Å². The molecule has 106 valence electrons. The van der Waals surface area contributed by atoms with Crippen LogP contribution in [0.5, 0.6) is 0 Å². The van der Waals surface area contributed by atoms with Crippen molar-refractivity contribution in [3.8, 4) is 0 Å². The molecule has 0 aliphatic rings. The van der Waals surface area contributed by atoms with Crippen molar-refractivity contribution in [2.24, 2.45) is 5.84 Å². The molecule has 0 amide bonds. The highest BCUT2D eigenvalue weighted by Crippen LogP contribution is 2.27. The largest absolute Gasteiger partial charge is 0.271 e. The lowest BCUT2D eigenvalue weighted by Gasteiger charge is -2.20. The number of hydrogen-bond donors (Lipinski definition) is 2. The van der Waals surface area contributed by atoms with Crippen molar-refractivity contribution in [1.82, 2.24) is 5.43 Å². The third-order valence-electron chi connectivity index (χ3n) is 3.36. The van der Waals surface area contributed by atoms with E-state index in [4.69, 9.17) is 17.4 Å². The first-order chi connectivity index (χ1) is 9.54. The molecule has 20 heavy (non-hydrogen) atoms. The van der Waals surface area contributed by atoms with Gasteiger partial charge in [-0.25, -0.2) is 8.78 Å². The summed E-state index contributed by atoms with van der Waals surface area (Å²) >= 11 is 6.06. The van der Waals surface area contributed by atoms with Gasteiger partial charge in [-0.15, -0.1) is 0 Å². The molecular formula is C15H15ClF2N2. The average Bonchev–Trinajstić information content (AvgIpc) is 2.42. The molecule has 0 radical (unpaired) electrons. The number of hydrogen-bond acceptors (Lipinski definition) is 2. The Hall–Kier alpha value is -1.49. The first kappa shape index (κ1) is 14.9.